The van der Waals surface area contributed by atoms with Gasteiger partial charge in [-0.25, -0.2) is 0 Å². The van der Waals surface area contributed by atoms with Crippen molar-refractivity contribution in [2.24, 2.45) is 0 Å². The van der Waals surface area contributed by atoms with Crippen LogP contribution in [0.15, 0.2) is 39.7 Å². The van der Waals surface area contributed by atoms with E-state index in [9.17, 15) is 25.2 Å². The molecule has 0 radical (unpaired) electrons. The van der Waals surface area contributed by atoms with Crippen LogP contribution >= 0.6 is 0 Å². The predicted molar refractivity (Wildman–Crippen MR) is 85.7 cm³/mol. The van der Waals surface area contributed by atoms with Gasteiger partial charge in [-0.15, -0.1) is 0 Å². The van der Waals surface area contributed by atoms with Gasteiger partial charge in [-0.05, 0) is 31.5 Å². The first-order valence-corrected chi connectivity index (χ1v) is 6.68. The van der Waals surface area contributed by atoms with Crippen LogP contribution in [0.1, 0.15) is 12.5 Å². The topological polar surface area (TPSA) is 111 Å². The van der Waals surface area contributed by atoms with Crippen molar-refractivity contribution in [2.75, 3.05) is 0 Å². The van der Waals surface area contributed by atoms with Crippen molar-refractivity contribution < 1.29 is 24.8 Å². The van der Waals surface area contributed by atoms with E-state index in [4.69, 9.17) is 4.42 Å². The number of benzene rings is 1. The summed E-state index contributed by atoms with van der Waals surface area (Å²) < 4.78 is 5.43. The summed E-state index contributed by atoms with van der Waals surface area (Å²) in [6.07, 6.45) is 1.03. The van der Waals surface area contributed by atoms with Crippen LogP contribution in [0, 0.1) is 6.92 Å². The Bertz CT molecular complexity index is 962. The maximum Gasteiger partial charge on any atom is 0.238 e. The zero-order valence-electron chi connectivity index (χ0n) is 12.6. The van der Waals surface area contributed by atoms with Gasteiger partial charge in [-0.1, -0.05) is 12.6 Å². The van der Waals surface area contributed by atoms with Crippen LogP contribution in [0.25, 0.3) is 23.2 Å². The molecule has 0 amide bonds. The maximum atomic E-state index is 12.3. The first-order chi connectivity index (χ1) is 10.7. The number of hydrogen-bond donors (Lipinski definition) is 4. The minimum atomic E-state index is -0.890. The zero-order chi connectivity index (χ0) is 17.3. The Labute approximate surface area is 131 Å². The van der Waals surface area contributed by atoms with Crippen LogP contribution in [-0.2, 0) is 0 Å². The molecule has 1 aromatic heterocycles. The van der Waals surface area contributed by atoms with E-state index in [-0.39, 0.29) is 33.5 Å². The van der Waals surface area contributed by atoms with E-state index in [2.05, 4.69) is 6.58 Å². The van der Waals surface area contributed by atoms with Gasteiger partial charge in [0.25, 0.3) is 0 Å². The molecular weight excluding hydrogens is 300 g/mol. The number of hydrogen-bond acceptors (Lipinski definition) is 6. The third-order valence-electron chi connectivity index (χ3n) is 3.17. The van der Waals surface area contributed by atoms with Gasteiger partial charge in [0.05, 0.1) is 5.56 Å². The zero-order valence-corrected chi connectivity index (χ0v) is 12.6. The number of phenolic OH excluding ortho intramolecular Hbond substituents is 1. The molecule has 6 nitrogen and oxygen atoms in total. The fraction of sp³-hybridized carbons (Fsp3) is 0.118. The minimum absolute atomic E-state index is 0.102. The molecule has 2 rings (SSSR count). The molecule has 23 heavy (non-hydrogen) atoms. The number of aryl methyl sites for hydroxylation is 1. The van der Waals surface area contributed by atoms with Gasteiger partial charge in [0.15, 0.2) is 5.76 Å². The second kappa shape index (κ2) is 5.92. The van der Waals surface area contributed by atoms with Crippen molar-refractivity contribution in [3.8, 4) is 22.8 Å². The molecule has 4 N–H and O–H groups in total. The molecule has 0 spiro atoms. The van der Waals surface area contributed by atoms with Gasteiger partial charge in [-0.2, -0.15) is 0 Å². The van der Waals surface area contributed by atoms with E-state index < -0.39 is 16.9 Å². The molecule has 0 atom stereocenters. The molecule has 1 aromatic carbocycles. The molecule has 0 aliphatic heterocycles. The molecule has 1 heterocycles. The quantitative estimate of drug-likeness (QED) is 0.626. The Balaban J connectivity index is 2.99. The lowest BCUT2D eigenvalue weighted by Gasteiger charge is -2.07. The third kappa shape index (κ3) is 3.06. The monoisotopic (exact) mass is 316 g/mol. The number of aliphatic hydroxyl groups is 2. The first-order valence-electron chi connectivity index (χ1n) is 6.68. The Morgan fingerprint density at radius 1 is 1.26 bits per heavy atom. The predicted octanol–water partition coefficient (Wildman–Crippen LogP) is 1.56. The number of rotatable bonds is 2. The highest BCUT2D eigenvalue weighted by molar-refractivity contribution is 5.70. The van der Waals surface area contributed by atoms with Gasteiger partial charge < -0.3 is 24.8 Å². The van der Waals surface area contributed by atoms with Crippen molar-refractivity contribution in [1.29, 1.82) is 0 Å². The highest BCUT2D eigenvalue weighted by Gasteiger charge is 2.17. The van der Waals surface area contributed by atoms with Crippen molar-refractivity contribution in [3.05, 3.63) is 57.0 Å². The summed E-state index contributed by atoms with van der Waals surface area (Å²) in [5.41, 5.74) is -0.195. The minimum Gasteiger partial charge on any atom is -0.512 e. The molecule has 0 saturated heterocycles. The summed E-state index contributed by atoms with van der Waals surface area (Å²) in [7, 11) is 0. The molecule has 0 fully saturated rings. The highest BCUT2D eigenvalue weighted by Crippen LogP contribution is 2.32. The third-order valence-corrected chi connectivity index (χ3v) is 3.17. The Morgan fingerprint density at radius 2 is 1.91 bits per heavy atom. The van der Waals surface area contributed by atoms with Crippen LogP contribution in [0.2, 0.25) is 0 Å². The first kappa shape index (κ1) is 16.2. The lowest BCUT2D eigenvalue weighted by Crippen LogP contribution is -2.40. The van der Waals surface area contributed by atoms with E-state index in [1.54, 1.807) is 13.0 Å². The van der Waals surface area contributed by atoms with Crippen molar-refractivity contribution in [3.63, 3.8) is 0 Å². The standard InChI is InChI=1S/C17H16O6/c1-8-4-5-11(12(20)6-8)17-16(22)15(21)14(10(3)19)13(23-17)7-9(2)18/h4-7,18-20,22H,2H2,1,3H3/b13-7+,14-10-. The number of allylic oxidation sites excluding steroid dienone is 1. The van der Waals surface area contributed by atoms with Gasteiger partial charge >= 0.3 is 0 Å². The molecule has 120 valence electrons. The van der Waals surface area contributed by atoms with Crippen LogP contribution < -0.4 is 16.1 Å². The Hall–Kier alpha value is -3.15. The Kier molecular flexibility index (Phi) is 4.18. The Morgan fingerprint density at radius 3 is 2.43 bits per heavy atom. The maximum absolute atomic E-state index is 12.3. The molecule has 6 heteroatoms. The summed E-state index contributed by atoms with van der Waals surface area (Å²) >= 11 is 0. The SMILES string of the molecule is C=C(O)/C=c1/oc(-c2ccc(C)cc2O)c(O)c(=O)/c1=C(/C)O. The fourth-order valence-electron chi connectivity index (χ4n) is 2.15. The van der Waals surface area contributed by atoms with Gasteiger partial charge in [0.2, 0.25) is 11.2 Å². The van der Waals surface area contributed by atoms with Crippen molar-refractivity contribution in [2.45, 2.75) is 13.8 Å². The van der Waals surface area contributed by atoms with Crippen LogP contribution in [0.4, 0.5) is 0 Å². The average Bonchev–Trinajstić information content (AvgIpc) is 2.42. The lowest BCUT2D eigenvalue weighted by molar-refractivity contribution is 0.412. The van der Waals surface area contributed by atoms with E-state index in [1.807, 2.05) is 0 Å². The van der Waals surface area contributed by atoms with Gasteiger partial charge in [-0.3, -0.25) is 4.79 Å². The van der Waals surface area contributed by atoms with Crippen LogP contribution in [0.5, 0.6) is 11.5 Å². The average molecular weight is 316 g/mol. The van der Waals surface area contributed by atoms with Gasteiger partial charge in [0.1, 0.15) is 27.9 Å². The summed E-state index contributed by atoms with van der Waals surface area (Å²) in [6, 6.07) is 4.59. The van der Waals surface area contributed by atoms with Crippen molar-refractivity contribution in [1.82, 2.24) is 0 Å². The largest absolute Gasteiger partial charge is 0.512 e. The molecule has 0 saturated carbocycles. The van der Waals surface area contributed by atoms with Crippen LogP contribution in [0.3, 0.4) is 0 Å². The van der Waals surface area contributed by atoms with E-state index in [0.29, 0.717) is 0 Å². The molecule has 0 aliphatic rings. The summed E-state index contributed by atoms with van der Waals surface area (Å²) in [5.74, 6) is -2.01. The lowest BCUT2D eigenvalue weighted by atomic mass is 10.1. The fourth-order valence-corrected chi connectivity index (χ4v) is 2.15. The molecule has 0 bridgehead atoms. The van der Waals surface area contributed by atoms with Crippen molar-refractivity contribution >= 4 is 11.8 Å². The number of phenols is 1. The molecular formula is C17H16O6. The smallest absolute Gasteiger partial charge is 0.238 e. The van der Waals surface area contributed by atoms with E-state index in [1.165, 1.54) is 19.1 Å². The second-order valence-corrected chi connectivity index (χ2v) is 5.09. The summed E-state index contributed by atoms with van der Waals surface area (Å²) in [4.78, 5) is 12.3. The molecule has 0 unspecified atom stereocenters. The normalized spacial score (nSPS) is 13.0. The number of aromatic hydroxyl groups is 2. The highest BCUT2D eigenvalue weighted by atomic mass is 16.4. The molecule has 2 aromatic rings. The van der Waals surface area contributed by atoms with E-state index in [0.717, 1.165) is 11.6 Å². The van der Waals surface area contributed by atoms with Crippen LogP contribution in [-0.4, -0.2) is 20.4 Å². The van der Waals surface area contributed by atoms with E-state index >= 15 is 0 Å². The second-order valence-electron chi connectivity index (χ2n) is 5.09. The molecule has 0 aliphatic carbocycles. The van der Waals surface area contributed by atoms with Gasteiger partial charge in [0, 0.05) is 6.08 Å². The summed E-state index contributed by atoms with van der Waals surface area (Å²) in [6.45, 7) is 6.28. The number of aliphatic hydroxyl groups excluding tert-OH is 2. The summed E-state index contributed by atoms with van der Waals surface area (Å²) in [5, 5.41) is 38.8.